The fourth-order valence-electron chi connectivity index (χ4n) is 2.61. The summed E-state index contributed by atoms with van der Waals surface area (Å²) in [5.41, 5.74) is 1.17. The van der Waals surface area contributed by atoms with Crippen LogP contribution in [-0.2, 0) is 4.79 Å². The number of hydrogen-bond donors (Lipinski definition) is 1. The van der Waals surface area contributed by atoms with Gasteiger partial charge in [-0.3, -0.25) is 4.79 Å². The van der Waals surface area contributed by atoms with Crippen LogP contribution >= 0.6 is 15.9 Å². The SMILES string of the molecule is CCCNC(=O)C1CCN(c2ncc(Br)cc2C)CC1. The summed E-state index contributed by atoms with van der Waals surface area (Å²) in [4.78, 5) is 18.7. The summed E-state index contributed by atoms with van der Waals surface area (Å²) in [6.45, 7) is 6.74. The van der Waals surface area contributed by atoms with E-state index in [1.807, 2.05) is 6.20 Å². The first-order chi connectivity index (χ1) is 9.61. The molecule has 1 N–H and O–H groups in total. The predicted molar refractivity (Wildman–Crippen MR) is 84.9 cm³/mol. The van der Waals surface area contributed by atoms with E-state index in [1.165, 1.54) is 5.56 Å². The molecule has 1 fully saturated rings. The molecule has 2 rings (SSSR count). The van der Waals surface area contributed by atoms with Crippen LogP contribution < -0.4 is 10.2 Å². The maximum absolute atomic E-state index is 12.0. The summed E-state index contributed by atoms with van der Waals surface area (Å²) < 4.78 is 1.01. The molecule has 2 heterocycles. The van der Waals surface area contributed by atoms with E-state index >= 15 is 0 Å². The Labute approximate surface area is 129 Å². The molecule has 1 aliphatic heterocycles. The normalized spacial score (nSPS) is 16.2. The van der Waals surface area contributed by atoms with E-state index in [2.05, 4.69) is 51.0 Å². The molecule has 1 aromatic heterocycles. The minimum absolute atomic E-state index is 0.161. The van der Waals surface area contributed by atoms with E-state index in [4.69, 9.17) is 0 Å². The number of aromatic nitrogens is 1. The standard InChI is InChI=1S/C15H22BrN3O/c1-3-6-17-15(20)12-4-7-19(8-5-12)14-11(2)9-13(16)10-18-14/h9-10,12H,3-8H2,1-2H3,(H,17,20). The van der Waals surface area contributed by atoms with E-state index < -0.39 is 0 Å². The van der Waals surface area contributed by atoms with Gasteiger partial charge in [-0.2, -0.15) is 0 Å². The van der Waals surface area contributed by atoms with Crippen molar-refractivity contribution in [3.05, 3.63) is 22.3 Å². The van der Waals surface area contributed by atoms with E-state index in [0.29, 0.717) is 0 Å². The molecule has 0 unspecified atom stereocenters. The molecule has 110 valence electrons. The summed E-state index contributed by atoms with van der Waals surface area (Å²) in [5, 5.41) is 3.00. The van der Waals surface area contributed by atoms with Gasteiger partial charge < -0.3 is 10.2 Å². The number of aryl methyl sites for hydroxylation is 1. The molecule has 1 amide bonds. The molecule has 1 saturated heterocycles. The number of pyridine rings is 1. The average Bonchev–Trinajstić information content (AvgIpc) is 2.45. The van der Waals surface area contributed by atoms with Crippen molar-refractivity contribution >= 4 is 27.7 Å². The van der Waals surface area contributed by atoms with Crippen molar-refractivity contribution < 1.29 is 4.79 Å². The second-order valence-corrected chi connectivity index (χ2v) is 6.26. The second-order valence-electron chi connectivity index (χ2n) is 5.35. The zero-order valence-electron chi connectivity index (χ0n) is 12.2. The molecule has 0 atom stereocenters. The first-order valence-electron chi connectivity index (χ1n) is 7.26. The lowest BCUT2D eigenvalue weighted by Gasteiger charge is -2.33. The molecule has 1 aliphatic rings. The van der Waals surface area contributed by atoms with Crippen molar-refractivity contribution in [2.24, 2.45) is 5.92 Å². The molecule has 5 heteroatoms. The molecular formula is C15H22BrN3O. The molecule has 4 nitrogen and oxygen atoms in total. The van der Waals surface area contributed by atoms with Crippen LogP contribution in [0, 0.1) is 12.8 Å². The summed E-state index contributed by atoms with van der Waals surface area (Å²) in [6.07, 6.45) is 4.65. The average molecular weight is 340 g/mol. The molecule has 0 aromatic carbocycles. The maximum atomic E-state index is 12.0. The first kappa shape index (κ1) is 15.3. The van der Waals surface area contributed by atoms with Crippen LogP contribution in [0.5, 0.6) is 0 Å². The zero-order valence-corrected chi connectivity index (χ0v) is 13.7. The van der Waals surface area contributed by atoms with Crippen LogP contribution in [0.4, 0.5) is 5.82 Å². The number of halogens is 1. The van der Waals surface area contributed by atoms with Gasteiger partial charge in [-0.05, 0) is 53.7 Å². The number of carbonyl (C=O) groups excluding carboxylic acids is 1. The highest BCUT2D eigenvalue weighted by molar-refractivity contribution is 9.10. The van der Waals surface area contributed by atoms with Crippen molar-refractivity contribution in [2.45, 2.75) is 33.1 Å². The molecule has 0 spiro atoms. The van der Waals surface area contributed by atoms with Gasteiger partial charge in [0.25, 0.3) is 0 Å². The predicted octanol–water partition coefficient (Wildman–Crippen LogP) is 2.90. The Morgan fingerprint density at radius 2 is 2.20 bits per heavy atom. The van der Waals surface area contributed by atoms with E-state index in [-0.39, 0.29) is 11.8 Å². The number of hydrogen-bond acceptors (Lipinski definition) is 3. The fourth-order valence-corrected chi connectivity index (χ4v) is 3.06. The number of amides is 1. The Bertz CT molecular complexity index is 470. The van der Waals surface area contributed by atoms with Crippen LogP contribution in [0.15, 0.2) is 16.7 Å². The van der Waals surface area contributed by atoms with Crippen molar-refractivity contribution in [1.82, 2.24) is 10.3 Å². The third kappa shape index (κ3) is 3.72. The molecule has 0 bridgehead atoms. The number of nitrogens with zero attached hydrogens (tertiary/aromatic N) is 2. The molecule has 0 radical (unpaired) electrons. The highest BCUT2D eigenvalue weighted by Crippen LogP contribution is 2.26. The van der Waals surface area contributed by atoms with E-state index in [1.54, 1.807) is 0 Å². The van der Waals surface area contributed by atoms with Crippen molar-refractivity contribution in [2.75, 3.05) is 24.5 Å². The summed E-state index contributed by atoms with van der Waals surface area (Å²) >= 11 is 3.44. The number of nitrogens with one attached hydrogen (secondary N) is 1. The lowest BCUT2D eigenvalue weighted by molar-refractivity contribution is -0.125. The van der Waals surface area contributed by atoms with Gasteiger partial charge in [-0.25, -0.2) is 4.98 Å². The third-order valence-corrected chi connectivity index (χ3v) is 4.17. The zero-order chi connectivity index (χ0) is 14.5. The van der Waals surface area contributed by atoms with Crippen molar-refractivity contribution in [3.8, 4) is 0 Å². The summed E-state index contributed by atoms with van der Waals surface area (Å²) in [5.74, 6) is 1.42. The molecule has 1 aromatic rings. The Morgan fingerprint density at radius 3 is 2.80 bits per heavy atom. The number of anilines is 1. The molecule has 0 saturated carbocycles. The smallest absolute Gasteiger partial charge is 0.223 e. The van der Waals surface area contributed by atoms with Gasteiger partial charge in [-0.1, -0.05) is 6.92 Å². The van der Waals surface area contributed by atoms with Crippen LogP contribution in [0.25, 0.3) is 0 Å². The van der Waals surface area contributed by atoms with Crippen molar-refractivity contribution in [1.29, 1.82) is 0 Å². The Kier molecular flexibility index (Phi) is 5.40. The van der Waals surface area contributed by atoms with E-state index in [0.717, 1.165) is 49.2 Å². The first-order valence-corrected chi connectivity index (χ1v) is 8.06. The third-order valence-electron chi connectivity index (χ3n) is 3.73. The van der Waals surface area contributed by atoms with Gasteiger partial charge in [0.1, 0.15) is 5.82 Å². The van der Waals surface area contributed by atoms with E-state index in [9.17, 15) is 4.79 Å². The van der Waals surface area contributed by atoms with Crippen LogP contribution in [-0.4, -0.2) is 30.5 Å². The largest absolute Gasteiger partial charge is 0.356 e. The quantitative estimate of drug-likeness (QED) is 0.917. The van der Waals surface area contributed by atoms with Gasteiger partial charge in [0.15, 0.2) is 0 Å². The molecule has 20 heavy (non-hydrogen) atoms. The Hall–Kier alpha value is -1.10. The van der Waals surface area contributed by atoms with Gasteiger partial charge in [0, 0.05) is 36.2 Å². The van der Waals surface area contributed by atoms with Gasteiger partial charge in [-0.15, -0.1) is 0 Å². The lowest BCUT2D eigenvalue weighted by Crippen LogP contribution is -2.41. The minimum atomic E-state index is 0.161. The van der Waals surface area contributed by atoms with Crippen LogP contribution in [0.1, 0.15) is 31.7 Å². The highest BCUT2D eigenvalue weighted by Gasteiger charge is 2.25. The minimum Gasteiger partial charge on any atom is -0.356 e. The van der Waals surface area contributed by atoms with Crippen LogP contribution in [0.2, 0.25) is 0 Å². The monoisotopic (exact) mass is 339 g/mol. The van der Waals surface area contributed by atoms with Gasteiger partial charge in [0.05, 0.1) is 0 Å². The number of rotatable bonds is 4. The van der Waals surface area contributed by atoms with Crippen LogP contribution in [0.3, 0.4) is 0 Å². The molecule has 0 aliphatic carbocycles. The Balaban J connectivity index is 1.92. The van der Waals surface area contributed by atoms with Crippen molar-refractivity contribution in [3.63, 3.8) is 0 Å². The topological polar surface area (TPSA) is 45.2 Å². The molecular weight excluding hydrogens is 318 g/mol. The highest BCUT2D eigenvalue weighted by atomic mass is 79.9. The Morgan fingerprint density at radius 1 is 1.50 bits per heavy atom. The summed E-state index contributed by atoms with van der Waals surface area (Å²) in [7, 11) is 0. The number of carbonyl (C=O) groups is 1. The maximum Gasteiger partial charge on any atom is 0.223 e. The summed E-state index contributed by atoms with van der Waals surface area (Å²) in [6, 6.07) is 2.09. The van der Waals surface area contributed by atoms with Gasteiger partial charge >= 0.3 is 0 Å². The second kappa shape index (κ2) is 7.07. The number of piperidine rings is 1. The lowest BCUT2D eigenvalue weighted by atomic mass is 9.95. The van der Waals surface area contributed by atoms with Gasteiger partial charge in [0.2, 0.25) is 5.91 Å². The fraction of sp³-hybridized carbons (Fsp3) is 0.600.